The minimum absolute atomic E-state index is 0.0113. The standard InChI is InChI=1S/C21H27ClN2O2S/c1-16-12-18(6-7-19(16)22)26-14-21(25)23-13-20(17-8-11-27-15-17)24-9-4-2-3-5-10-24/h6-8,11-12,15,20H,2-5,9-10,13-14H2,1H3,(H,23,25). The molecule has 27 heavy (non-hydrogen) atoms. The van der Waals surface area contributed by atoms with Gasteiger partial charge in [0.1, 0.15) is 5.75 Å². The number of likely N-dealkylation sites (tertiary alicyclic amines) is 1. The number of rotatable bonds is 7. The molecule has 146 valence electrons. The smallest absolute Gasteiger partial charge is 0.258 e. The average Bonchev–Trinajstić information content (AvgIpc) is 3.06. The summed E-state index contributed by atoms with van der Waals surface area (Å²) in [5.41, 5.74) is 2.23. The van der Waals surface area contributed by atoms with E-state index in [9.17, 15) is 4.79 Å². The number of carbonyl (C=O) groups is 1. The normalized spacial score (nSPS) is 16.5. The number of ether oxygens (including phenoxy) is 1. The second kappa shape index (κ2) is 10.1. The number of nitrogens with one attached hydrogen (secondary N) is 1. The Labute approximate surface area is 170 Å². The van der Waals surface area contributed by atoms with E-state index in [1.54, 1.807) is 23.5 Å². The highest BCUT2D eigenvalue weighted by Gasteiger charge is 2.22. The van der Waals surface area contributed by atoms with Gasteiger partial charge in [-0.25, -0.2) is 0 Å². The Hall–Kier alpha value is -1.56. The number of halogens is 1. The predicted molar refractivity (Wildman–Crippen MR) is 112 cm³/mol. The van der Waals surface area contributed by atoms with Gasteiger partial charge >= 0.3 is 0 Å². The molecular formula is C21H27ClN2O2S. The molecule has 1 amide bonds. The summed E-state index contributed by atoms with van der Waals surface area (Å²) in [4.78, 5) is 14.8. The van der Waals surface area contributed by atoms with Crippen molar-refractivity contribution in [3.05, 3.63) is 51.2 Å². The first-order valence-electron chi connectivity index (χ1n) is 9.55. The molecule has 0 saturated carbocycles. The van der Waals surface area contributed by atoms with Gasteiger partial charge in [0.05, 0.1) is 6.04 Å². The van der Waals surface area contributed by atoms with Crippen molar-refractivity contribution in [2.24, 2.45) is 0 Å². The van der Waals surface area contributed by atoms with Crippen molar-refractivity contribution in [2.45, 2.75) is 38.6 Å². The van der Waals surface area contributed by atoms with Crippen LogP contribution in [0.2, 0.25) is 5.02 Å². The van der Waals surface area contributed by atoms with E-state index < -0.39 is 0 Å². The van der Waals surface area contributed by atoms with Gasteiger partial charge in [0.25, 0.3) is 5.91 Å². The van der Waals surface area contributed by atoms with Gasteiger partial charge < -0.3 is 10.1 Å². The Bertz CT molecular complexity index is 728. The Morgan fingerprint density at radius 3 is 2.70 bits per heavy atom. The number of hydrogen-bond donors (Lipinski definition) is 1. The van der Waals surface area contributed by atoms with E-state index in [2.05, 4.69) is 27.0 Å². The molecule has 1 aliphatic rings. The number of thiophene rings is 1. The van der Waals surface area contributed by atoms with Gasteiger partial charge in [-0.3, -0.25) is 9.69 Å². The van der Waals surface area contributed by atoms with Gasteiger partial charge in [0.15, 0.2) is 6.61 Å². The van der Waals surface area contributed by atoms with Gasteiger partial charge in [-0.2, -0.15) is 11.3 Å². The van der Waals surface area contributed by atoms with Crippen molar-refractivity contribution in [3.63, 3.8) is 0 Å². The highest BCUT2D eigenvalue weighted by Crippen LogP contribution is 2.25. The maximum absolute atomic E-state index is 12.3. The summed E-state index contributed by atoms with van der Waals surface area (Å²) >= 11 is 7.73. The summed E-state index contributed by atoms with van der Waals surface area (Å²) in [6.45, 7) is 4.73. The first-order valence-corrected chi connectivity index (χ1v) is 10.9. The van der Waals surface area contributed by atoms with Gasteiger partial charge in [0.2, 0.25) is 0 Å². The first-order chi connectivity index (χ1) is 13.1. The van der Waals surface area contributed by atoms with Crippen LogP contribution in [0.25, 0.3) is 0 Å². The van der Waals surface area contributed by atoms with Crippen LogP contribution in [0.15, 0.2) is 35.0 Å². The van der Waals surface area contributed by atoms with E-state index in [0.717, 1.165) is 18.7 Å². The lowest BCUT2D eigenvalue weighted by molar-refractivity contribution is -0.123. The molecule has 2 heterocycles. The topological polar surface area (TPSA) is 41.6 Å². The van der Waals surface area contributed by atoms with Crippen LogP contribution in [0.5, 0.6) is 5.75 Å². The van der Waals surface area contributed by atoms with Crippen LogP contribution in [0.4, 0.5) is 0 Å². The number of nitrogens with zero attached hydrogens (tertiary/aromatic N) is 1. The Balaban J connectivity index is 1.54. The highest BCUT2D eigenvalue weighted by atomic mass is 35.5. The third-order valence-corrected chi connectivity index (χ3v) is 6.13. The third kappa shape index (κ3) is 5.96. The fraction of sp³-hybridized carbons (Fsp3) is 0.476. The van der Waals surface area contributed by atoms with Crippen molar-refractivity contribution in [3.8, 4) is 5.75 Å². The molecule has 1 fully saturated rings. The second-order valence-corrected chi connectivity index (χ2v) is 8.21. The SMILES string of the molecule is Cc1cc(OCC(=O)NCC(c2ccsc2)N2CCCCCC2)ccc1Cl. The largest absolute Gasteiger partial charge is 0.484 e. The van der Waals surface area contributed by atoms with Crippen molar-refractivity contribution in [2.75, 3.05) is 26.2 Å². The van der Waals surface area contributed by atoms with Crippen LogP contribution in [-0.2, 0) is 4.79 Å². The number of hydrogen-bond acceptors (Lipinski definition) is 4. The first kappa shape index (κ1) is 20.2. The minimum Gasteiger partial charge on any atom is -0.484 e. The summed E-state index contributed by atoms with van der Waals surface area (Å²) in [6, 6.07) is 7.82. The van der Waals surface area contributed by atoms with Gasteiger partial charge in [0, 0.05) is 11.6 Å². The Morgan fingerprint density at radius 1 is 1.26 bits per heavy atom. The molecule has 4 nitrogen and oxygen atoms in total. The van der Waals surface area contributed by atoms with Crippen molar-refractivity contribution in [1.82, 2.24) is 10.2 Å². The number of benzene rings is 1. The predicted octanol–water partition coefficient (Wildman–Crippen LogP) is 4.82. The van der Waals surface area contributed by atoms with E-state index in [1.165, 1.54) is 31.2 Å². The zero-order valence-electron chi connectivity index (χ0n) is 15.7. The van der Waals surface area contributed by atoms with Gasteiger partial charge in [-0.05, 0) is 79.0 Å². The molecule has 1 aromatic heterocycles. The minimum atomic E-state index is -0.0994. The monoisotopic (exact) mass is 406 g/mol. The molecule has 0 spiro atoms. The number of aryl methyl sites for hydroxylation is 1. The lowest BCUT2D eigenvalue weighted by Crippen LogP contribution is -2.40. The molecule has 2 aromatic rings. The molecular weight excluding hydrogens is 380 g/mol. The highest BCUT2D eigenvalue weighted by molar-refractivity contribution is 7.07. The van der Waals surface area contributed by atoms with Crippen LogP contribution >= 0.6 is 22.9 Å². The molecule has 0 radical (unpaired) electrons. The fourth-order valence-corrected chi connectivity index (χ4v) is 4.27. The lowest BCUT2D eigenvalue weighted by Gasteiger charge is -2.30. The summed E-state index contributed by atoms with van der Waals surface area (Å²) < 4.78 is 5.61. The summed E-state index contributed by atoms with van der Waals surface area (Å²) in [6.07, 6.45) is 5.06. The molecule has 1 aromatic carbocycles. The van der Waals surface area contributed by atoms with Gasteiger partial charge in [-0.15, -0.1) is 0 Å². The Kier molecular flexibility index (Phi) is 7.56. The van der Waals surface area contributed by atoms with E-state index in [0.29, 0.717) is 17.3 Å². The number of carbonyl (C=O) groups excluding carboxylic acids is 1. The molecule has 1 atom stereocenters. The van der Waals surface area contributed by atoms with Gasteiger partial charge in [-0.1, -0.05) is 24.4 Å². The number of amides is 1. The lowest BCUT2D eigenvalue weighted by atomic mass is 10.1. The van der Waals surface area contributed by atoms with E-state index in [-0.39, 0.29) is 18.6 Å². The Morgan fingerprint density at radius 2 is 2.04 bits per heavy atom. The maximum atomic E-state index is 12.3. The van der Waals surface area contributed by atoms with Crippen LogP contribution in [0, 0.1) is 6.92 Å². The van der Waals surface area contributed by atoms with E-state index in [1.807, 2.05) is 13.0 Å². The molecule has 1 saturated heterocycles. The molecule has 1 unspecified atom stereocenters. The second-order valence-electron chi connectivity index (χ2n) is 7.03. The molecule has 1 N–H and O–H groups in total. The third-order valence-electron chi connectivity index (χ3n) is 5.00. The van der Waals surface area contributed by atoms with E-state index in [4.69, 9.17) is 16.3 Å². The summed E-state index contributed by atoms with van der Waals surface area (Å²) in [7, 11) is 0. The van der Waals surface area contributed by atoms with Crippen LogP contribution in [0.1, 0.15) is 42.9 Å². The van der Waals surface area contributed by atoms with Crippen molar-refractivity contribution < 1.29 is 9.53 Å². The molecule has 3 rings (SSSR count). The fourth-order valence-electron chi connectivity index (χ4n) is 3.45. The van der Waals surface area contributed by atoms with E-state index >= 15 is 0 Å². The van der Waals surface area contributed by atoms with Crippen LogP contribution in [0.3, 0.4) is 0 Å². The zero-order chi connectivity index (χ0) is 19.1. The molecule has 0 aliphatic carbocycles. The van der Waals surface area contributed by atoms with Crippen LogP contribution < -0.4 is 10.1 Å². The van der Waals surface area contributed by atoms with Crippen molar-refractivity contribution in [1.29, 1.82) is 0 Å². The summed E-state index contributed by atoms with van der Waals surface area (Å²) in [5.74, 6) is 0.562. The zero-order valence-corrected chi connectivity index (χ0v) is 17.3. The molecule has 0 bridgehead atoms. The maximum Gasteiger partial charge on any atom is 0.258 e. The average molecular weight is 407 g/mol. The van der Waals surface area contributed by atoms with Crippen molar-refractivity contribution >= 4 is 28.8 Å². The quantitative estimate of drug-likeness (QED) is 0.716. The summed E-state index contributed by atoms with van der Waals surface area (Å²) in [5, 5.41) is 8.05. The molecule has 6 heteroatoms. The van der Waals surface area contributed by atoms with Crippen LogP contribution in [-0.4, -0.2) is 37.0 Å². The molecule has 1 aliphatic heterocycles.